The smallest absolute Gasteiger partial charge is 0.296 e. The van der Waals surface area contributed by atoms with Gasteiger partial charge < -0.3 is 24.6 Å². The number of methoxy groups -OCH3 is 3. The number of fused-ring (bicyclic) bond motifs is 1. The number of hydrogen-bond acceptors (Lipinski definition) is 13. The number of phenols is 1. The van der Waals surface area contributed by atoms with Gasteiger partial charge in [-0.15, -0.1) is 15.3 Å². The number of nitrogens with zero attached hydrogens (tertiary/aromatic N) is 4. The van der Waals surface area contributed by atoms with Crippen molar-refractivity contribution in [3.63, 3.8) is 0 Å². The van der Waals surface area contributed by atoms with E-state index in [-0.39, 0.29) is 38.8 Å². The van der Waals surface area contributed by atoms with Crippen molar-refractivity contribution in [2.24, 2.45) is 20.5 Å². The van der Waals surface area contributed by atoms with Gasteiger partial charge in [0.25, 0.3) is 20.2 Å². The molecule has 0 aromatic heterocycles. The molecule has 17 heteroatoms. The largest absolute Gasteiger partial charge is 0.505 e. The van der Waals surface area contributed by atoms with Crippen molar-refractivity contribution < 1.29 is 45.3 Å². The van der Waals surface area contributed by atoms with Gasteiger partial charge in [-0.1, -0.05) is 0 Å². The van der Waals surface area contributed by atoms with Crippen molar-refractivity contribution in [1.29, 1.82) is 0 Å². The monoisotopic (exact) mass is 693 g/mol. The summed E-state index contributed by atoms with van der Waals surface area (Å²) in [7, 11) is -5.02. The van der Waals surface area contributed by atoms with Crippen molar-refractivity contribution in [1.82, 2.24) is 0 Å². The lowest BCUT2D eigenvalue weighted by atomic mass is 10.1. The second kappa shape index (κ2) is 13.6. The van der Waals surface area contributed by atoms with Crippen molar-refractivity contribution in [3.8, 4) is 23.0 Å². The second-order valence-corrected chi connectivity index (χ2v) is 12.7. The third kappa shape index (κ3) is 7.50. The first-order valence-corrected chi connectivity index (χ1v) is 16.5. The van der Waals surface area contributed by atoms with Crippen LogP contribution in [0.5, 0.6) is 23.0 Å². The third-order valence-corrected chi connectivity index (χ3v) is 8.59. The van der Waals surface area contributed by atoms with E-state index in [9.17, 15) is 26.5 Å². The number of ether oxygens (including phenoxy) is 3. The van der Waals surface area contributed by atoms with Crippen molar-refractivity contribution in [2.75, 3.05) is 26.6 Å². The molecule has 248 valence electrons. The van der Waals surface area contributed by atoms with Gasteiger partial charge in [-0.25, -0.2) is 0 Å². The van der Waals surface area contributed by atoms with E-state index < -0.39 is 36.6 Å². The fraction of sp³-hybridized carbons (Fsp3) is 0.0968. The summed E-state index contributed by atoms with van der Waals surface area (Å²) in [5.41, 5.74) is 1.28. The quantitative estimate of drug-likeness (QED) is 0.0778. The third-order valence-electron chi connectivity index (χ3n) is 6.85. The molecule has 0 radical (unpaired) electrons. The number of anilines is 2. The molecule has 0 atom stereocenters. The molecule has 0 saturated heterocycles. The lowest BCUT2D eigenvalue weighted by molar-refractivity contribution is 0.405. The number of hydrogen-bond donors (Lipinski definition) is 4. The zero-order chi connectivity index (χ0) is 34.6. The molecular formula is C31H27N5O10S2. The Morgan fingerprint density at radius 1 is 0.625 bits per heavy atom. The lowest BCUT2D eigenvalue weighted by Gasteiger charge is -2.12. The Morgan fingerprint density at radius 3 is 1.75 bits per heavy atom. The molecule has 0 aliphatic rings. The Kier molecular flexibility index (Phi) is 9.57. The molecule has 5 rings (SSSR count). The van der Waals surface area contributed by atoms with E-state index >= 15 is 0 Å². The van der Waals surface area contributed by atoms with Gasteiger partial charge in [-0.05, 0) is 78.2 Å². The highest BCUT2D eigenvalue weighted by atomic mass is 32.2. The van der Waals surface area contributed by atoms with Crippen LogP contribution in [0.25, 0.3) is 10.8 Å². The van der Waals surface area contributed by atoms with Crippen LogP contribution < -0.4 is 19.5 Å². The van der Waals surface area contributed by atoms with Gasteiger partial charge in [0.2, 0.25) is 0 Å². The Balaban J connectivity index is 1.49. The maximum absolute atomic E-state index is 12.4. The van der Waals surface area contributed by atoms with Crippen LogP contribution in [0.3, 0.4) is 0 Å². The number of aromatic hydroxyl groups is 1. The summed E-state index contributed by atoms with van der Waals surface area (Å²) in [6.45, 7) is 0. The zero-order valence-corrected chi connectivity index (χ0v) is 27.0. The first-order valence-electron chi connectivity index (χ1n) is 13.7. The van der Waals surface area contributed by atoms with Crippen LogP contribution in [0.1, 0.15) is 0 Å². The van der Waals surface area contributed by atoms with E-state index in [1.54, 1.807) is 49.6 Å². The van der Waals surface area contributed by atoms with Gasteiger partial charge in [0.1, 0.15) is 39.2 Å². The maximum atomic E-state index is 12.4. The molecule has 0 aliphatic heterocycles. The minimum Gasteiger partial charge on any atom is -0.505 e. The van der Waals surface area contributed by atoms with Crippen molar-refractivity contribution in [2.45, 2.75) is 9.79 Å². The molecule has 0 amide bonds. The van der Waals surface area contributed by atoms with Crippen LogP contribution in [0.15, 0.2) is 115 Å². The second-order valence-electron chi connectivity index (χ2n) is 9.90. The number of azo groups is 2. The molecule has 15 nitrogen and oxygen atoms in total. The van der Waals surface area contributed by atoms with E-state index in [1.807, 2.05) is 0 Å². The maximum Gasteiger partial charge on any atom is 0.296 e. The van der Waals surface area contributed by atoms with Gasteiger partial charge in [0.15, 0.2) is 5.75 Å². The average Bonchev–Trinajstić information content (AvgIpc) is 3.06. The van der Waals surface area contributed by atoms with Crippen LogP contribution in [-0.2, 0) is 20.2 Å². The summed E-state index contributed by atoms with van der Waals surface area (Å²) in [5.74, 6) is 0.386. The van der Waals surface area contributed by atoms with E-state index in [0.29, 0.717) is 16.8 Å². The first kappa shape index (κ1) is 33.7. The fourth-order valence-corrected chi connectivity index (χ4v) is 5.62. The molecular weight excluding hydrogens is 667 g/mol. The molecule has 48 heavy (non-hydrogen) atoms. The molecule has 5 aromatic rings. The standard InChI is InChI=1S/C31H27N5O10S2/c1-44-22-9-4-19(5-10-22)32-21-8-13-24-18(14-21)15-29(48(41,42)43)30(31(24)37)36-35-26-17-27(45-2)25(16-28(26)46-3)34-33-20-6-11-23(12-7-20)47(38,39)40/h4-17,32,37H,1-3H3,(H,38,39,40)(H,41,42,43). The molecule has 0 fully saturated rings. The molecule has 0 aliphatic carbocycles. The highest BCUT2D eigenvalue weighted by Crippen LogP contribution is 2.45. The summed E-state index contributed by atoms with van der Waals surface area (Å²) in [5, 5.41) is 31.1. The van der Waals surface area contributed by atoms with E-state index in [2.05, 4.69) is 25.8 Å². The van der Waals surface area contributed by atoms with Crippen molar-refractivity contribution in [3.05, 3.63) is 84.9 Å². The van der Waals surface area contributed by atoms with Crippen LogP contribution in [0.4, 0.5) is 34.1 Å². The highest BCUT2D eigenvalue weighted by Gasteiger charge is 2.23. The van der Waals surface area contributed by atoms with E-state index in [1.165, 1.54) is 44.6 Å². The lowest BCUT2D eigenvalue weighted by Crippen LogP contribution is -1.99. The average molecular weight is 694 g/mol. The van der Waals surface area contributed by atoms with E-state index in [0.717, 1.165) is 17.8 Å². The molecule has 0 spiro atoms. The van der Waals surface area contributed by atoms with Gasteiger partial charge >= 0.3 is 0 Å². The predicted octanol–water partition coefficient (Wildman–Crippen LogP) is 7.64. The number of rotatable bonds is 11. The summed E-state index contributed by atoms with van der Waals surface area (Å²) >= 11 is 0. The zero-order valence-electron chi connectivity index (χ0n) is 25.4. The molecule has 0 saturated carbocycles. The normalized spacial score (nSPS) is 12.1. The minimum atomic E-state index is -4.89. The van der Waals surface area contributed by atoms with Crippen LogP contribution in [0.2, 0.25) is 0 Å². The number of benzene rings is 5. The topological polar surface area (TPSA) is 218 Å². The molecule has 0 heterocycles. The van der Waals surface area contributed by atoms with Gasteiger partial charge in [0.05, 0.1) is 31.9 Å². The highest BCUT2D eigenvalue weighted by molar-refractivity contribution is 7.86. The summed E-state index contributed by atoms with van der Waals surface area (Å²) in [4.78, 5) is -0.995. The minimum absolute atomic E-state index is 0.0469. The number of phenolic OH excluding ortho intramolecular Hbond substituents is 1. The summed E-state index contributed by atoms with van der Waals surface area (Å²) < 4.78 is 82.6. The predicted molar refractivity (Wildman–Crippen MR) is 176 cm³/mol. The molecule has 0 unspecified atom stereocenters. The summed E-state index contributed by atoms with van der Waals surface area (Å²) in [6.07, 6.45) is 0. The van der Waals surface area contributed by atoms with Gasteiger partial charge in [-0.2, -0.15) is 21.9 Å². The molecule has 4 N–H and O–H groups in total. The van der Waals surface area contributed by atoms with E-state index in [4.69, 9.17) is 18.8 Å². The number of nitrogens with one attached hydrogen (secondary N) is 1. The Hall–Kier alpha value is -5.62. The van der Waals surface area contributed by atoms with Crippen LogP contribution >= 0.6 is 0 Å². The molecule has 5 aromatic carbocycles. The summed E-state index contributed by atoms with van der Waals surface area (Å²) in [6, 6.07) is 20.9. The first-order chi connectivity index (χ1) is 22.8. The van der Waals surface area contributed by atoms with Gasteiger partial charge in [-0.3, -0.25) is 9.11 Å². The SMILES string of the molecule is COc1ccc(Nc2ccc3c(O)c(N=Nc4cc(OC)c(N=Nc5ccc(S(=O)(=O)O)cc5)cc4OC)c(S(=O)(=O)O)cc3c2)cc1. The molecule has 0 bridgehead atoms. The Bertz CT molecular complexity index is 2280. The van der Waals surface area contributed by atoms with Crippen LogP contribution in [0, 0.1) is 0 Å². The van der Waals surface area contributed by atoms with Gasteiger partial charge in [0, 0.05) is 28.9 Å². The fourth-order valence-electron chi connectivity index (χ4n) is 4.49. The Morgan fingerprint density at radius 2 is 1.21 bits per heavy atom. The Labute approximate surface area is 274 Å². The van der Waals surface area contributed by atoms with Crippen LogP contribution in [-0.4, -0.2) is 52.4 Å². The van der Waals surface area contributed by atoms with Crippen molar-refractivity contribution >= 4 is 65.1 Å².